The van der Waals surface area contributed by atoms with Crippen LogP contribution in [0.3, 0.4) is 0 Å². The fourth-order valence-corrected chi connectivity index (χ4v) is 3.23. The number of rotatable bonds is 11. The van der Waals surface area contributed by atoms with Gasteiger partial charge >= 0.3 is 23.9 Å². The van der Waals surface area contributed by atoms with Gasteiger partial charge in [-0.25, -0.2) is 9.59 Å². The van der Waals surface area contributed by atoms with Crippen molar-refractivity contribution in [2.24, 2.45) is 11.7 Å². The summed E-state index contributed by atoms with van der Waals surface area (Å²) in [6.07, 6.45) is -1.14. The van der Waals surface area contributed by atoms with Gasteiger partial charge in [0, 0.05) is 29.4 Å². The number of hydrogen-bond donors (Lipinski definition) is 2. The molecule has 0 amide bonds. The van der Waals surface area contributed by atoms with Crippen LogP contribution in [0.2, 0.25) is 0 Å². The molecule has 2 rings (SSSR count). The second-order valence-electron chi connectivity index (χ2n) is 8.45. The van der Waals surface area contributed by atoms with E-state index in [1.54, 1.807) is 20.0 Å². The van der Waals surface area contributed by atoms with Crippen molar-refractivity contribution in [2.75, 3.05) is 0 Å². The lowest BCUT2D eigenvalue weighted by atomic mass is 10.1. The number of H-pyrrole nitrogens is 1. The minimum Gasteiger partial charge on any atom is -0.459 e. The van der Waals surface area contributed by atoms with Crippen LogP contribution in [0, 0.1) is 5.92 Å². The summed E-state index contributed by atoms with van der Waals surface area (Å²) in [4.78, 5) is 62.7. The van der Waals surface area contributed by atoms with Gasteiger partial charge < -0.3 is 24.9 Å². The van der Waals surface area contributed by atoms with Crippen molar-refractivity contribution in [1.29, 1.82) is 0 Å². The molecule has 0 aliphatic carbocycles. The number of ketones is 1. The third-order valence-electron chi connectivity index (χ3n) is 4.89. The number of aromatic nitrogens is 1. The van der Waals surface area contributed by atoms with E-state index in [1.165, 1.54) is 13.8 Å². The van der Waals surface area contributed by atoms with Crippen molar-refractivity contribution in [1.82, 2.24) is 4.98 Å². The van der Waals surface area contributed by atoms with E-state index in [4.69, 9.17) is 19.9 Å². The SMILES string of the molecule is CC(=O)CC(=O)OC(C(=O)OC(C)CC(=O)OC(=O)[C@@H](N)Cc1c[nH]c2ccccc12)C(C)C. The summed E-state index contributed by atoms with van der Waals surface area (Å²) in [6.45, 7) is 5.94. The maximum absolute atomic E-state index is 12.4. The van der Waals surface area contributed by atoms with E-state index in [0.717, 1.165) is 16.5 Å². The Hall–Kier alpha value is -3.53. The van der Waals surface area contributed by atoms with Crippen molar-refractivity contribution in [3.05, 3.63) is 36.0 Å². The average molecular weight is 475 g/mol. The number of carbonyl (C=O) groups excluding carboxylic acids is 5. The van der Waals surface area contributed by atoms with Crippen LogP contribution < -0.4 is 5.73 Å². The Balaban J connectivity index is 1.85. The van der Waals surface area contributed by atoms with Gasteiger partial charge in [0.25, 0.3) is 0 Å². The van der Waals surface area contributed by atoms with E-state index < -0.39 is 66.7 Å². The van der Waals surface area contributed by atoms with E-state index in [9.17, 15) is 24.0 Å². The molecule has 0 saturated carbocycles. The highest BCUT2D eigenvalue weighted by Gasteiger charge is 2.30. The molecule has 184 valence electrons. The molecule has 1 heterocycles. The van der Waals surface area contributed by atoms with Gasteiger partial charge in [0.2, 0.25) is 6.10 Å². The van der Waals surface area contributed by atoms with Crippen molar-refractivity contribution < 1.29 is 38.2 Å². The van der Waals surface area contributed by atoms with E-state index in [-0.39, 0.29) is 6.42 Å². The van der Waals surface area contributed by atoms with Crippen LogP contribution in [0.25, 0.3) is 10.9 Å². The molecule has 0 aliphatic heterocycles. The van der Waals surface area contributed by atoms with E-state index >= 15 is 0 Å². The fourth-order valence-electron chi connectivity index (χ4n) is 3.23. The largest absolute Gasteiger partial charge is 0.459 e. The number of para-hydroxylation sites is 1. The van der Waals surface area contributed by atoms with Crippen LogP contribution in [-0.4, -0.2) is 52.9 Å². The topological polar surface area (TPSA) is 155 Å². The summed E-state index contributed by atoms with van der Waals surface area (Å²) in [6, 6.07) is 6.46. The van der Waals surface area contributed by atoms with Gasteiger partial charge in [0.05, 0.1) is 6.42 Å². The summed E-state index contributed by atoms with van der Waals surface area (Å²) < 4.78 is 15.0. The molecule has 0 saturated heterocycles. The first-order valence-electron chi connectivity index (χ1n) is 10.9. The third-order valence-corrected chi connectivity index (χ3v) is 4.89. The molecule has 0 bridgehead atoms. The van der Waals surface area contributed by atoms with Crippen molar-refractivity contribution in [3.8, 4) is 0 Å². The second-order valence-corrected chi connectivity index (χ2v) is 8.45. The van der Waals surface area contributed by atoms with Crippen LogP contribution in [0.15, 0.2) is 30.5 Å². The quantitative estimate of drug-likeness (QED) is 0.282. The lowest BCUT2D eigenvalue weighted by Gasteiger charge is -2.22. The normalized spacial score (nSPS) is 13.7. The first-order valence-corrected chi connectivity index (χ1v) is 10.9. The minimum absolute atomic E-state index is 0.169. The maximum Gasteiger partial charge on any atom is 0.348 e. The monoisotopic (exact) mass is 474 g/mol. The number of nitrogens with two attached hydrogens (primary N) is 1. The predicted molar refractivity (Wildman–Crippen MR) is 121 cm³/mol. The summed E-state index contributed by atoms with van der Waals surface area (Å²) >= 11 is 0. The first-order chi connectivity index (χ1) is 16.0. The molecule has 0 fully saturated rings. The Morgan fingerprint density at radius 3 is 2.29 bits per heavy atom. The van der Waals surface area contributed by atoms with Crippen LogP contribution in [-0.2, 0) is 44.6 Å². The standard InChI is InChI=1S/C24H30N2O8/c1-13(2)22(33-20(28)9-14(3)27)24(31)32-15(4)10-21(29)34-23(30)18(25)11-16-12-26-19-8-6-5-7-17(16)19/h5-8,12-13,15,18,22,26H,9-11,25H2,1-4H3/t15?,18-,22?/m0/s1. The lowest BCUT2D eigenvalue weighted by molar-refractivity contribution is -0.176. The molecule has 0 aliphatic rings. The first kappa shape index (κ1) is 26.7. The number of esters is 4. The molecule has 2 aromatic rings. The van der Waals surface area contributed by atoms with E-state index in [2.05, 4.69) is 4.98 Å². The molecular formula is C24H30N2O8. The number of ether oxygens (including phenoxy) is 3. The van der Waals surface area contributed by atoms with Gasteiger partial charge in [-0.05, 0) is 25.5 Å². The summed E-state index contributed by atoms with van der Waals surface area (Å²) in [7, 11) is 0. The number of aromatic amines is 1. The summed E-state index contributed by atoms with van der Waals surface area (Å²) in [5.41, 5.74) is 7.63. The maximum atomic E-state index is 12.4. The molecule has 1 aromatic heterocycles. The Morgan fingerprint density at radius 1 is 0.971 bits per heavy atom. The number of carbonyl (C=O) groups is 5. The molecule has 10 nitrogen and oxygen atoms in total. The Kier molecular flexibility index (Phi) is 9.49. The Bertz CT molecular complexity index is 1060. The van der Waals surface area contributed by atoms with Gasteiger partial charge in [0.1, 0.15) is 24.3 Å². The zero-order valence-electron chi connectivity index (χ0n) is 19.7. The van der Waals surface area contributed by atoms with Crippen LogP contribution in [0.1, 0.15) is 46.1 Å². The highest BCUT2D eigenvalue weighted by molar-refractivity contribution is 5.95. The number of nitrogens with one attached hydrogen (secondary N) is 1. The lowest BCUT2D eigenvalue weighted by Crippen LogP contribution is -2.38. The zero-order chi connectivity index (χ0) is 25.4. The minimum atomic E-state index is -1.24. The Morgan fingerprint density at radius 2 is 1.65 bits per heavy atom. The molecular weight excluding hydrogens is 444 g/mol. The van der Waals surface area contributed by atoms with Gasteiger partial charge in [-0.1, -0.05) is 32.0 Å². The zero-order valence-corrected chi connectivity index (χ0v) is 19.7. The molecule has 0 radical (unpaired) electrons. The van der Waals surface area contributed by atoms with Crippen molar-refractivity contribution in [3.63, 3.8) is 0 Å². The number of hydrogen-bond acceptors (Lipinski definition) is 9. The van der Waals surface area contributed by atoms with Crippen LogP contribution in [0.4, 0.5) is 0 Å². The molecule has 1 aromatic carbocycles. The van der Waals surface area contributed by atoms with Crippen LogP contribution in [0.5, 0.6) is 0 Å². The average Bonchev–Trinajstić information content (AvgIpc) is 3.13. The van der Waals surface area contributed by atoms with Crippen molar-refractivity contribution in [2.45, 2.75) is 65.2 Å². The fraction of sp³-hybridized carbons (Fsp3) is 0.458. The van der Waals surface area contributed by atoms with E-state index in [1.807, 2.05) is 24.3 Å². The van der Waals surface area contributed by atoms with Gasteiger partial charge in [0.15, 0.2) is 0 Å². The van der Waals surface area contributed by atoms with Crippen molar-refractivity contribution >= 4 is 40.6 Å². The highest BCUT2D eigenvalue weighted by atomic mass is 16.6. The second kappa shape index (κ2) is 12.1. The van der Waals surface area contributed by atoms with Crippen LogP contribution >= 0.6 is 0 Å². The van der Waals surface area contributed by atoms with Gasteiger partial charge in [-0.3, -0.25) is 14.4 Å². The molecule has 3 N–H and O–H groups in total. The summed E-state index contributed by atoms with van der Waals surface area (Å²) in [5, 5.41) is 0.918. The number of fused-ring (bicyclic) bond motifs is 1. The molecule has 10 heteroatoms. The molecule has 3 atom stereocenters. The smallest absolute Gasteiger partial charge is 0.348 e. The Labute approximate surface area is 197 Å². The van der Waals surface area contributed by atoms with Gasteiger partial charge in [-0.2, -0.15) is 0 Å². The number of benzene rings is 1. The highest BCUT2D eigenvalue weighted by Crippen LogP contribution is 2.19. The third kappa shape index (κ3) is 7.80. The van der Waals surface area contributed by atoms with E-state index in [0.29, 0.717) is 0 Å². The summed E-state index contributed by atoms with van der Waals surface area (Å²) in [5.74, 6) is -4.34. The van der Waals surface area contributed by atoms with Gasteiger partial charge in [-0.15, -0.1) is 0 Å². The molecule has 0 spiro atoms. The number of Topliss-reactive ketones (excluding diaryl/α,β-unsaturated/α-hetero) is 1. The predicted octanol–water partition coefficient (Wildman–Crippen LogP) is 1.98. The molecule has 34 heavy (non-hydrogen) atoms. The molecule has 2 unspecified atom stereocenters.